The lowest BCUT2D eigenvalue weighted by Crippen LogP contribution is -2.57. The van der Waals surface area contributed by atoms with Crippen molar-refractivity contribution in [1.82, 2.24) is 4.37 Å². The van der Waals surface area contributed by atoms with Crippen LogP contribution in [0.2, 0.25) is 0 Å². The number of carbonyl (C=O) groups is 2. The van der Waals surface area contributed by atoms with Gasteiger partial charge in [-0.1, -0.05) is 64.9 Å². The third kappa shape index (κ3) is 13.1. The number of ether oxygens (including phenoxy) is 3. The van der Waals surface area contributed by atoms with E-state index in [1.54, 1.807) is 0 Å². The quantitative estimate of drug-likeness (QED) is 0.0669. The minimum Gasteiger partial charge on any atom is -0.460 e. The Bertz CT molecular complexity index is 987. The fraction of sp³-hybridized carbons (Fsp3) is 0.818. The van der Waals surface area contributed by atoms with E-state index in [-0.39, 0.29) is 18.2 Å². The second kappa shape index (κ2) is 18.6. The molecule has 42 heavy (non-hydrogen) atoms. The van der Waals surface area contributed by atoms with Crippen molar-refractivity contribution in [3.8, 4) is 5.88 Å². The molecule has 2 rings (SSSR count). The van der Waals surface area contributed by atoms with E-state index < -0.39 is 5.60 Å². The van der Waals surface area contributed by atoms with Crippen LogP contribution in [0.1, 0.15) is 137 Å². The molecular weight excluding hydrogens is 550 g/mol. The molecule has 0 N–H and O–H groups in total. The summed E-state index contributed by atoms with van der Waals surface area (Å²) in [5.41, 5.74) is 1.78. The Morgan fingerprint density at radius 2 is 1.62 bits per heavy atom. The molecule has 2 unspecified atom stereocenters. The molecule has 0 radical (unpaired) electrons. The number of carbonyl (C=O) groups excluding carboxylic acids is 2. The van der Waals surface area contributed by atoms with Gasteiger partial charge >= 0.3 is 17.8 Å². The molecule has 0 saturated carbocycles. The minimum absolute atomic E-state index is 0.174. The summed E-state index contributed by atoms with van der Waals surface area (Å²) in [7, 11) is 4.27. The highest BCUT2D eigenvalue weighted by Crippen LogP contribution is 2.32. The fourth-order valence-electron chi connectivity index (χ4n) is 5.50. The normalized spacial score (nSPS) is 17.9. The highest BCUT2D eigenvalue weighted by Gasteiger charge is 2.41. The van der Waals surface area contributed by atoms with Gasteiger partial charge in [0.25, 0.3) is 11.7 Å². The van der Waals surface area contributed by atoms with Crippen LogP contribution in [0.15, 0.2) is 6.08 Å². The van der Waals surface area contributed by atoms with Gasteiger partial charge in [-0.2, -0.15) is 3.96 Å². The van der Waals surface area contributed by atoms with Crippen LogP contribution in [0.5, 0.6) is 5.88 Å². The number of hydrogen-bond acceptors (Lipinski definition) is 7. The SMILES string of the molecule is CCCCCCCC(OC(=O)CCCCC(=O)OC(C)(C)C)[N+]1(C)CCC=C(c2c(OCCCCCC)ns[n+]2C)C1. The van der Waals surface area contributed by atoms with Crippen LogP contribution in [0.3, 0.4) is 0 Å². The number of quaternary nitrogens is 1. The number of likely N-dealkylation sites (N-methyl/N-ethyl adjacent to an activating group) is 1. The Balaban J connectivity index is 2.05. The molecule has 2 atom stereocenters. The van der Waals surface area contributed by atoms with E-state index in [4.69, 9.17) is 14.2 Å². The Hall–Kier alpha value is -2.00. The van der Waals surface area contributed by atoms with E-state index in [0.29, 0.717) is 36.8 Å². The van der Waals surface area contributed by atoms with E-state index in [0.717, 1.165) is 56.8 Å². The van der Waals surface area contributed by atoms with E-state index in [9.17, 15) is 9.59 Å². The smallest absolute Gasteiger partial charge is 0.391 e. The first-order chi connectivity index (χ1) is 20.0. The molecule has 1 aliphatic rings. The highest BCUT2D eigenvalue weighted by molar-refractivity contribution is 6.95. The van der Waals surface area contributed by atoms with E-state index >= 15 is 0 Å². The number of aryl methyl sites for hydroxylation is 1. The molecule has 0 fully saturated rings. The summed E-state index contributed by atoms with van der Waals surface area (Å²) in [6, 6.07) is 0. The molecule has 0 aliphatic carbocycles. The molecule has 240 valence electrons. The number of aromatic nitrogens is 2. The summed E-state index contributed by atoms with van der Waals surface area (Å²) in [6.07, 6.45) is 16.2. The van der Waals surface area contributed by atoms with Gasteiger partial charge in [-0.05, 0) is 46.5 Å². The molecule has 0 aromatic carbocycles. The van der Waals surface area contributed by atoms with Crippen molar-refractivity contribution in [1.29, 1.82) is 0 Å². The van der Waals surface area contributed by atoms with Crippen LogP contribution in [0, 0.1) is 0 Å². The van der Waals surface area contributed by atoms with Crippen LogP contribution in [-0.2, 0) is 26.1 Å². The fourth-order valence-corrected chi connectivity index (χ4v) is 6.11. The summed E-state index contributed by atoms with van der Waals surface area (Å²) in [4.78, 5) is 25.1. The number of esters is 2. The number of unbranched alkanes of at least 4 members (excludes halogenated alkanes) is 8. The van der Waals surface area contributed by atoms with Crippen molar-refractivity contribution >= 4 is 29.2 Å². The van der Waals surface area contributed by atoms with Gasteiger partial charge in [0.15, 0.2) is 0 Å². The molecule has 0 saturated heterocycles. The summed E-state index contributed by atoms with van der Waals surface area (Å²) < 4.78 is 25.2. The van der Waals surface area contributed by atoms with Crippen molar-refractivity contribution in [2.45, 2.75) is 143 Å². The van der Waals surface area contributed by atoms with Gasteiger partial charge in [-0.25, -0.2) is 0 Å². The van der Waals surface area contributed by atoms with Gasteiger partial charge in [0.2, 0.25) is 11.9 Å². The Kier molecular flexibility index (Phi) is 16.0. The minimum atomic E-state index is -0.487. The zero-order valence-corrected chi connectivity index (χ0v) is 28.5. The second-order valence-corrected chi connectivity index (χ2v) is 13.9. The molecular formula is C33H59N3O5S+2. The van der Waals surface area contributed by atoms with Crippen molar-refractivity contribution in [2.24, 2.45) is 7.05 Å². The second-order valence-electron chi connectivity index (χ2n) is 13.1. The lowest BCUT2D eigenvalue weighted by atomic mass is 10.0. The first-order valence-corrected chi connectivity index (χ1v) is 17.2. The predicted molar refractivity (Wildman–Crippen MR) is 169 cm³/mol. The Morgan fingerprint density at radius 3 is 2.29 bits per heavy atom. The molecule has 2 heterocycles. The average molecular weight is 610 g/mol. The molecule has 1 aromatic rings. The number of hydrogen-bond donors (Lipinski definition) is 0. The predicted octanol–water partition coefficient (Wildman–Crippen LogP) is 7.29. The zero-order chi connectivity index (χ0) is 31.0. The van der Waals surface area contributed by atoms with Crippen LogP contribution < -0.4 is 8.69 Å². The van der Waals surface area contributed by atoms with Gasteiger partial charge < -0.3 is 14.2 Å². The first kappa shape index (κ1) is 36.2. The molecule has 1 aromatic heterocycles. The van der Waals surface area contributed by atoms with Crippen molar-refractivity contribution in [3.05, 3.63) is 11.8 Å². The summed E-state index contributed by atoms with van der Waals surface area (Å²) >= 11 is 1.43. The molecule has 8 nitrogen and oxygen atoms in total. The highest BCUT2D eigenvalue weighted by atomic mass is 32.1. The van der Waals surface area contributed by atoms with Crippen LogP contribution in [0.25, 0.3) is 5.57 Å². The topological polar surface area (TPSA) is 78.6 Å². The third-order valence-electron chi connectivity index (χ3n) is 7.82. The summed E-state index contributed by atoms with van der Waals surface area (Å²) in [6.45, 7) is 12.4. The van der Waals surface area contributed by atoms with Crippen LogP contribution in [-0.4, -0.2) is 59.4 Å². The third-order valence-corrected chi connectivity index (χ3v) is 8.49. The standard InChI is InChI=1S/C33H59N3O5S/c1-8-10-12-14-15-21-28(40-29(37)22-16-17-23-30(38)41-33(3,4)5)36(7)24-19-20-27(26-36)31-32(34-42-35(31)6)39-25-18-13-11-9-2/h20,28H,8-19,21-26H2,1-7H3/q+2. The van der Waals surface area contributed by atoms with E-state index in [2.05, 4.69) is 35.3 Å². The Labute approximate surface area is 259 Å². The van der Waals surface area contributed by atoms with Crippen molar-refractivity contribution in [3.63, 3.8) is 0 Å². The Morgan fingerprint density at radius 1 is 0.976 bits per heavy atom. The first-order valence-electron chi connectivity index (χ1n) is 16.4. The van der Waals surface area contributed by atoms with Crippen molar-refractivity contribution in [2.75, 3.05) is 26.7 Å². The zero-order valence-electron chi connectivity index (χ0n) is 27.7. The van der Waals surface area contributed by atoms with Gasteiger partial charge in [-0.3, -0.25) is 14.1 Å². The molecule has 1 aliphatic heterocycles. The van der Waals surface area contributed by atoms with Gasteiger partial charge in [-0.15, -0.1) is 0 Å². The maximum Gasteiger partial charge on any atom is 0.391 e. The van der Waals surface area contributed by atoms with Gasteiger partial charge in [0.1, 0.15) is 12.1 Å². The molecule has 0 bridgehead atoms. The summed E-state index contributed by atoms with van der Waals surface area (Å²) in [5, 5.41) is 0. The average Bonchev–Trinajstić information content (AvgIpc) is 3.29. The summed E-state index contributed by atoms with van der Waals surface area (Å²) in [5.74, 6) is 0.329. The maximum absolute atomic E-state index is 13.1. The lowest BCUT2D eigenvalue weighted by Gasteiger charge is -2.42. The van der Waals surface area contributed by atoms with Gasteiger partial charge in [0, 0.05) is 25.7 Å². The lowest BCUT2D eigenvalue weighted by molar-refractivity contribution is -0.947. The monoisotopic (exact) mass is 609 g/mol. The van der Waals surface area contributed by atoms with Gasteiger partial charge in [0.05, 0.1) is 37.2 Å². The molecule has 0 amide bonds. The number of nitrogens with zero attached hydrogens (tertiary/aromatic N) is 3. The molecule has 0 spiro atoms. The number of rotatable bonds is 20. The van der Waals surface area contributed by atoms with Crippen LogP contribution in [0.4, 0.5) is 0 Å². The molecule has 9 heteroatoms. The van der Waals surface area contributed by atoms with E-state index in [1.165, 1.54) is 55.8 Å². The van der Waals surface area contributed by atoms with E-state index in [1.807, 2.05) is 27.8 Å². The van der Waals surface area contributed by atoms with Crippen LogP contribution >= 0.6 is 11.7 Å². The maximum atomic E-state index is 13.1. The largest absolute Gasteiger partial charge is 0.460 e. The van der Waals surface area contributed by atoms with Crippen molar-refractivity contribution < 1.29 is 32.2 Å².